The van der Waals surface area contributed by atoms with Crippen LogP contribution in [0.25, 0.3) is 0 Å². The fourth-order valence-electron chi connectivity index (χ4n) is 1.42. The molecule has 0 aromatic heterocycles. The van der Waals surface area contributed by atoms with E-state index in [9.17, 15) is 9.59 Å². The number of hydrogen-bond acceptors (Lipinski definition) is 3. The molecule has 0 aliphatic rings. The van der Waals surface area contributed by atoms with Gasteiger partial charge in [0.25, 0.3) is 0 Å². The van der Waals surface area contributed by atoms with E-state index in [0.29, 0.717) is 12.1 Å². The quantitative estimate of drug-likeness (QED) is 0.764. The van der Waals surface area contributed by atoms with Gasteiger partial charge in [-0.1, -0.05) is 24.9 Å². The van der Waals surface area contributed by atoms with Gasteiger partial charge >= 0.3 is 5.97 Å². The Kier molecular flexibility index (Phi) is 5.12. The van der Waals surface area contributed by atoms with Crippen molar-refractivity contribution in [1.29, 1.82) is 0 Å². The first-order valence-electron chi connectivity index (χ1n) is 5.55. The number of aromatic carboxylic acids is 1. The van der Waals surface area contributed by atoms with Crippen molar-refractivity contribution in [3.8, 4) is 0 Å². The lowest BCUT2D eigenvalue weighted by atomic mass is 10.1. The van der Waals surface area contributed by atoms with E-state index in [4.69, 9.17) is 22.4 Å². The second kappa shape index (κ2) is 6.37. The molecule has 1 unspecified atom stereocenters. The predicted octanol–water partition coefficient (Wildman–Crippen LogP) is 2.10. The summed E-state index contributed by atoms with van der Waals surface area (Å²) in [6.45, 7) is 1.93. The van der Waals surface area contributed by atoms with Crippen LogP contribution in [0.5, 0.6) is 0 Å². The zero-order valence-corrected chi connectivity index (χ0v) is 10.7. The summed E-state index contributed by atoms with van der Waals surface area (Å²) in [7, 11) is 0. The maximum atomic E-state index is 11.7. The van der Waals surface area contributed by atoms with Gasteiger partial charge in [-0.3, -0.25) is 4.79 Å². The molecular weight excluding hydrogens is 256 g/mol. The minimum absolute atomic E-state index is 0.0656. The molecule has 0 heterocycles. The van der Waals surface area contributed by atoms with E-state index in [1.807, 2.05) is 6.92 Å². The van der Waals surface area contributed by atoms with Gasteiger partial charge in [0.15, 0.2) is 0 Å². The van der Waals surface area contributed by atoms with Crippen molar-refractivity contribution in [2.24, 2.45) is 5.73 Å². The molecule has 1 rings (SSSR count). The van der Waals surface area contributed by atoms with Crippen molar-refractivity contribution in [1.82, 2.24) is 0 Å². The molecular formula is C12H15ClN2O3. The molecule has 5 nitrogen and oxygen atoms in total. The Balaban J connectivity index is 2.79. The number of rotatable bonds is 5. The standard InChI is InChI=1S/C12H15ClN2O3/c1-2-3-9(14)11(16)15-10-5-4-7(12(17)18)6-8(10)13/h4-6,9H,2-3,14H2,1H3,(H,15,16)(H,17,18). The Morgan fingerprint density at radius 2 is 2.17 bits per heavy atom. The number of nitrogens with one attached hydrogen (secondary N) is 1. The fourth-order valence-corrected chi connectivity index (χ4v) is 1.64. The highest BCUT2D eigenvalue weighted by Gasteiger charge is 2.14. The molecule has 0 aliphatic carbocycles. The Hall–Kier alpha value is -1.59. The number of carbonyl (C=O) groups excluding carboxylic acids is 1. The van der Waals surface area contributed by atoms with Gasteiger partial charge in [-0.15, -0.1) is 0 Å². The van der Waals surface area contributed by atoms with E-state index in [0.717, 1.165) is 6.42 Å². The van der Waals surface area contributed by atoms with Crippen molar-refractivity contribution in [3.05, 3.63) is 28.8 Å². The first-order chi connectivity index (χ1) is 8.45. The first kappa shape index (κ1) is 14.5. The number of benzene rings is 1. The third kappa shape index (κ3) is 3.72. The van der Waals surface area contributed by atoms with Crippen LogP contribution in [0.1, 0.15) is 30.1 Å². The van der Waals surface area contributed by atoms with Gasteiger partial charge in [-0.2, -0.15) is 0 Å². The number of carboxylic acids is 1. The molecule has 0 fully saturated rings. The molecule has 1 aromatic rings. The summed E-state index contributed by atoms with van der Waals surface area (Å²) in [5.41, 5.74) is 6.08. The Bertz CT molecular complexity index is 463. The van der Waals surface area contributed by atoms with Crippen LogP contribution in [0, 0.1) is 0 Å². The van der Waals surface area contributed by atoms with Gasteiger partial charge in [0, 0.05) is 0 Å². The molecule has 1 aromatic carbocycles. The number of carbonyl (C=O) groups is 2. The largest absolute Gasteiger partial charge is 0.478 e. The summed E-state index contributed by atoms with van der Waals surface area (Å²) in [4.78, 5) is 22.4. The van der Waals surface area contributed by atoms with E-state index < -0.39 is 12.0 Å². The topological polar surface area (TPSA) is 92.4 Å². The number of anilines is 1. The van der Waals surface area contributed by atoms with Crippen LogP contribution in [0.15, 0.2) is 18.2 Å². The predicted molar refractivity (Wildman–Crippen MR) is 69.9 cm³/mol. The van der Waals surface area contributed by atoms with E-state index in [1.165, 1.54) is 18.2 Å². The van der Waals surface area contributed by atoms with Crippen LogP contribution >= 0.6 is 11.6 Å². The summed E-state index contributed by atoms with van der Waals surface area (Å²) >= 11 is 5.88. The highest BCUT2D eigenvalue weighted by Crippen LogP contribution is 2.23. The van der Waals surface area contributed by atoms with Gasteiger partial charge < -0.3 is 16.2 Å². The molecule has 0 saturated heterocycles. The molecule has 0 aliphatic heterocycles. The Labute approximate surface area is 110 Å². The Morgan fingerprint density at radius 3 is 2.67 bits per heavy atom. The SMILES string of the molecule is CCCC(N)C(=O)Nc1ccc(C(=O)O)cc1Cl. The third-order valence-corrected chi connectivity index (χ3v) is 2.72. The second-order valence-corrected chi connectivity index (χ2v) is 4.29. The van der Waals surface area contributed by atoms with Crippen LogP contribution in [0.3, 0.4) is 0 Å². The zero-order valence-electron chi connectivity index (χ0n) is 9.94. The average Bonchev–Trinajstić information content (AvgIpc) is 2.31. The van der Waals surface area contributed by atoms with E-state index in [2.05, 4.69) is 5.32 Å². The molecule has 0 radical (unpaired) electrons. The van der Waals surface area contributed by atoms with Crippen LogP contribution in [-0.2, 0) is 4.79 Å². The molecule has 18 heavy (non-hydrogen) atoms. The number of hydrogen-bond donors (Lipinski definition) is 3. The molecule has 1 atom stereocenters. The van der Waals surface area contributed by atoms with Gasteiger partial charge in [0.1, 0.15) is 0 Å². The zero-order chi connectivity index (χ0) is 13.7. The number of nitrogens with two attached hydrogens (primary N) is 1. The second-order valence-electron chi connectivity index (χ2n) is 3.88. The van der Waals surface area contributed by atoms with Gasteiger partial charge in [-0.25, -0.2) is 4.79 Å². The minimum atomic E-state index is -1.07. The molecule has 6 heteroatoms. The number of amides is 1. The third-order valence-electron chi connectivity index (χ3n) is 2.41. The van der Waals surface area contributed by atoms with Gasteiger partial charge in [0.05, 0.1) is 22.3 Å². The van der Waals surface area contributed by atoms with E-state index in [-0.39, 0.29) is 16.5 Å². The normalized spacial score (nSPS) is 11.9. The lowest BCUT2D eigenvalue weighted by molar-refractivity contribution is -0.117. The molecule has 4 N–H and O–H groups in total. The van der Waals surface area contributed by atoms with Crippen molar-refractivity contribution in [3.63, 3.8) is 0 Å². The number of halogens is 1. The smallest absolute Gasteiger partial charge is 0.335 e. The van der Waals surface area contributed by atoms with Crippen LogP contribution < -0.4 is 11.1 Å². The average molecular weight is 271 g/mol. The van der Waals surface area contributed by atoms with Crippen LogP contribution in [-0.4, -0.2) is 23.0 Å². The summed E-state index contributed by atoms with van der Waals surface area (Å²) in [5, 5.41) is 11.5. The van der Waals surface area contributed by atoms with Gasteiger partial charge in [0.2, 0.25) is 5.91 Å². The van der Waals surface area contributed by atoms with Crippen LogP contribution in [0.2, 0.25) is 5.02 Å². The minimum Gasteiger partial charge on any atom is -0.478 e. The lowest BCUT2D eigenvalue weighted by Crippen LogP contribution is -2.35. The maximum absolute atomic E-state index is 11.7. The molecule has 0 bridgehead atoms. The monoisotopic (exact) mass is 270 g/mol. The first-order valence-corrected chi connectivity index (χ1v) is 5.92. The van der Waals surface area contributed by atoms with Crippen molar-refractivity contribution in [2.75, 3.05) is 5.32 Å². The number of carboxylic acid groups (broad SMARTS) is 1. The van der Waals surface area contributed by atoms with Gasteiger partial charge in [-0.05, 0) is 24.6 Å². The highest BCUT2D eigenvalue weighted by molar-refractivity contribution is 6.34. The van der Waals surface area contributed by atoms with Crippen LogP contribution in [0.4, 0.5) is 5.69 Å². The summed E-state index contributed by atoms with van der Waals surface area (Å²) < 4.78 is 0. The Morgan fingerprint density at radius 1 is 1.50 bits per heavy atom. The van der Waals surface area contributed by atoms with Crippen molar-refractivity contribution < 1.29 is 14.7 Å². The maximum Gasteiger partial charge on any atom is 0.335 e. The molecule has 98 valence electrons. The highest BCUT2D eigenvalue weighted by atomic mass is 35.5. The summed E-state index contributed by atoms with van der Waals surface area (Å²) in [6, 6.07) is 3.51. The molecule has 1 amide bonds. The summed E-state index contributed by atoms with van der Waals surface area (Å²) in [5.74, 6) is -1.40. The van der Waals surface area contributed by atoms with E-state index in [1.54, 1.807) is 0 Å². The molecule has 0 spiro atoms. The lowest BCUT2D eigenvalue weighted by Gasteiger charge is -2.12. The fraction of sp³-hybridized carbons (Fsp3) is 0.333. The van der Waals surface area contributed by atoms with Crippen molar-refractivity contribution >= 4 is 29.2 Å². The molecule has 0 saturated carbocycles. The van der Waals surface area contributed by atoms with Crippen molar-refractivity contribution in [2.45, 2.75) is 25.8 Å². The summed E-state index contributed by atoms with van der Waals surface area (Å²) in [6.07, 6.45) is 1.39. The van der Waals surface area contributed by atoms with E-state index >= 15 is 0 Å².